The lowest BCUT2D eigenvalue weighted by Crippen LogP contribution is -2.16. The molecule has 0 radical (unpaired) electrons. The van der Waals surface area contributed by atoms with Crippen LogP contribution in [0.15, 0.2) is 36.7 Å². The number of hydrogen-bond acceptors (Lipinski definition) is 7. The second-order valence-corrected chi connectivity index (χ2v) is 10.9. The predicted molar refractivity (Wildman–Crippen MR) is 159 cm³/mol. The molecule has 0 saturated heterocycles. The van der Waals surface area contributed by atoms with Crippen LogP contribution in [-0.4, -0.2) is 54.0 Å². The number of aromatic amines is 2. The topological polar surface area (TPSA) is 147 Å². The molecule has 0 spiro atoms. The third kappa shape index (κ3) is 4.25. The molecule has 0 saturated carbocycles. The Labute approximate surface area is 240 Å². The van der Waals surface area contributed by atoms with Crippen LogP contribution in [0.4, 0.5) is 0 Å². The Hall–Kier alpha value is -4.86. The van der Waals surface area contributed by atoms with Crippen molar-refractivity contribution in [2.75, 3.05) is 6.61 Å². The lowest BCUT2D eigenvalue weighted by Gasteiger charge is -2.20. The van der Waals surface area contributed by atoms with Crippen LogP contribution in [0, 0.1) is 0 Å². The quantitative estimate of drug-likeness (QED) is 0.228. The standard InChI is InChI=1S/C17H17N3O2.C15H13N3O2/c1-2-22-17(21)16-11-6-4-3-5-10(11)15-12-9-18-20-13(12)7-8-14(15)19-16;19-15(20)14-9-4-2-1-3-8(9)13-10-7-16-18-11(10)5-6-12(13)17-14/h7-9H,2-6H2,1H3,(H,18,20);5-7H,1-4H2,(H,16,18)(H,19,20). The van der Waals surface area contributed by atoms with Crippen LogP contribution >= 0.6 is 0 Å². The first-order chi connectivity index (χ1) is 20.5. The largest absolute Gasteiger partial charge is 0.477 e. The van der Waals surface area contributed by atoms with Gasteiger partial charge in [-0.05, 0) is 105 Å². The van der Waals surface area contributed by atoms with Gasteiger partial charge >= 0.3 is 11.9 Å². The monoisotopic (exact) mass is 562 g/mol. The van der Waals surface area contributed by atoms with Gasteiger partial charge in [-0.3, -0.25) is 10.2 Å². The third-order valence-corrected chi connectivity index (χ3v) is 8.45. The molecule has 10 nitrogen and oxygen atoms in total. The van der Waals surface area contributed by atoms with E-state index in [2.05, 4.69) is 30.4 Å². The van der Waals surface area contributed by atoms with Crippen LogP contribution in [0.3, 0.4) is 0 Å². The molecule has 212 valence electrons. The highest BCUT2D eigenvalue weighted by Gasteiger charge is 2.25. The van der Waals surface area contributed by atoms with Crippen molar-refractivity contribution in [1.82, 2.24) is 30.4 Å². The lowest BCUT2D eigenvalue weighted by molar-refractivity contribution is 0.0517. The number of pyridine rings is 2. The van der Waals surface area contributed by atoms with Crippen molar-refractivity contribution in [2.24, 2.45) is 0 Å². The SMILES string of the molecule is CCOC(=O)c1nc2ccc3[nH]ncc3c2c2c1CCCC2.O=C(O)c1nc2ccc3[nH]ncc3c2c2c1CCCC2. The zero-order valence-electron chi connectivity index (χ0n) is 23.3. The molecule has 0 fully saturated rings. The summed E-state index contributed by atoms with van der Waals surface area (Å²) in [5, 5.41) is 27.9. The van der Waals surface area contributed by atoms with Gasteiger partial charge in [0.1, 0.15) is 0 Å². The Morgan fingerprint density at radius 2 is 1.21 bits per heavy atom. The average Bonchev–Trinajstić information content (AvgIpc) is 3.70. The van der Waals surface area contributed by atoms with Crippen molar-refractivity contribution in [3.63, 3.8) is 0 Å². The highest BCUT2D eigenvalue weighted by Crippen LogP contribution is 2.35. The Bertz CT molecular complexity index is 2020. The molecule has 0 aliphatic heterocycles. The van der Waals surface area contributed by atoms with E-state index < -0.39 is 5.97 Å². The lowest BCUT2D eigenvalue weighted by atomic mass is 9.87. The van der Waals surface area contributed by atoms with Crippen LogP contribution < -0.4 is 0 Å². The number of aromatic carboxylic acids is 1. The molecule has 42 heavy (non-hydrogen) atoms. The van der Waals surface area contributed by atoms with Gasteiger partial charge in [-0.25, -0.2) is 19.6 Å². The van der Waals surface area contributed by atoms with E-state index >= 15 is 0 Å². The number of H-pyrrole nitrogens is 2. The summed E-state index contributed by atoms with van der Waals surface area (Å²) in [5.74, 6) is -1.24. The van der Waals surface area contributed by atoms with Gasteiger partial charge in [0, 0.05) is 21.5 Å². The number of carboxylic acid groups (broad SMARTS) is 1. The van der Waals surface area contributed by atoms with Crippen LogP contribution in [0.1, 0.15) is 75.8 Å². The van der Waals surface area contributed by atoms with E-state index in [1.54, 1.807) is 6.20 Å². The molecule has 0 atom stereocenters. The molecule has 0 amide bonds. The Kier molecular flexibility index (Phi) is 6.53. The number of hydrogen-bond donors (Lipinski definition) is 3. The number of ether oxygens (including phenoxy) is 1. The van der Waals surface area contributed by atoms with Gasteiger partial charge in [0.25, 0.3) is 0 Å². The van der Waals surface area contributed by atoms with Gasteiger partial charge in [0.05, 0.1) is 41.1 Å². The summed E-state index contributed by atoms with van der Waals surface area (Å²) in [4.78, 5) is 32.7. The molecule has 4 heterocycles. The van der Waals surface area contributed by atoms with Gasteiger partial charge in [0.2, 0.25) is 0 Å². The second-order valence-electron chi connectivity index (χ2n) is 10.9. The van der Waals surface area contributed by atoms with Crippen LogP contribution in [0.5, 0.6) is 0 Å². The van der Waals surface area contributed by atoms with Crippen molar-refractivity contribution in [3.8, 4) is 0 Å². The van der Waals surface area contributed by atoms with Crippen molar-refractivity contribution in [2.45, 2.75) is 58.3 Å². The summed E-state index contributed by atoms with van der Waals surface area (Å²) >= 11 is 0. The van der Waals surface area contributed by atoms with Gasteiger partial charge in [0.15, 0.2) is 11.4 Å². The van der Waals surface area contributed by atoms with Crippen LogP contribution in [0.25, 0.3) is 43.6 Å². The summed E-state index contributed by atoms with van der Waals surface area (Å²) in [6, 6.07) is 7.69. The smallest absolute Gasteiger partial charge is 0.357 e. The number of nitrogens with zero attached hydrogens (tertiary/aromatic N) is 4. The Morgan fingerprint density at radius 1 is 0.738 bits per heavy atom. The third-order valence-electron chi connectivity index (χ3n) is 8.45. The summed E-state index contributed by atoms with van der Waals surface area (Å²) in [6.07, 6.45) is 11.6. The number of esters is 1. The first-order valence-electron chi connectivity index (χ1n) is 14.5. The van der Waals surface area contributed by atoms with Crippen LogP contribution in [-0.2, 0) is 30.4 Å². The number of aryl methyl sites for hydroxylation is 2. The maximum Gasteiger partial charge on any atom is 0.357 e. The molecule has 8 rings (SSSR count). The summed E-state index contributed by atoms with van der Waals surface area (Å²) in [6.45, 7) is 2.19. The fourth-order valence-corrected chi connectivity index (χ4v) is 6.64. The van der Waals surface area contributed by atoms with E-state index in [9.17, 15) is 14.7 Å². The first-order valence-corrected chi connectivity index (χ1v) is 14.5. The summed E-state index contributed by atoms with van der Waals surface area (Å²) in [5.41, 5.74) is 8.63. The molecular weight excluding hydrogens is 532 g/mol. The van der Waals surface area contributed by atoms with Gasteiger partial charge in [-0.1, -0.05) is 0 Å². The normalized spacial score (nSPS) is 14.4. The van der Waals surface area contributed by atoms with Crippen molar-refractivity contribution < 1.29 is 19.4 Å². The highest BCUT2D eigenvalue weighted by molar-refractivity contribution is 6.09. The van der Waals surface area contributed by atoms with E-state index in [0.29, 0.717) is 12.3 Å². The molecule has 2 aromatic carbocycles. The average molecular weight is 563 g/mol. The van der Waals surface area contributed by atoms with Gasteiger partial charge in [-0.2, -0.15) is 10.2 Å². The molecule has 10 heteroatoms. The zero-order chi connectivity index (χ0) is 28.8. The number of carbonyl (C=O) groups excluding carboxylic acids is 1. The van der Waals surface area contributed by atoms with E-state index in [4.69, 9.17) is 4.74 Å². The molecule has 2 aliphatic carbocycles. The molecule has 4 aromatic heterocycles. The predicted octanol–water partition coefficient (Wildman–Crippen LogP) is 5.85. The molecule has 3 N–H and O–H groups in total. The highest BCUT2D eigenvalue weighted by atomic mass is 16.5. The van der Waals surface area contributed by atoms with Crippen molar-refractivity contribution in [3.05, 3.63) is 70.3 Å². The maximum atomic E-state index is 12.3. The molecule has 0 unspecified atom stereocenters. The minimum absolute atomic E-state index is 0.218. The van der Waals surface area contributed by atoms with E-state index in [1.807, 2.05) is 37.4 Å². The first kappa shape index (κ1) is 26.1. The zero-order valence-corrected chi connectivity index (χ0v) is 23.3. The van der Waals surface area contributed by atoms with E-state index in [1.165, 1.54) is 5.56 Å². The van der Waals surface area contributed by atoms with Gasteiger partial charge < -0.3 is 9.84 Å². The Balaban J connectivity index is 0.000000138. The second kappa shape index (κ2) is 10.5. The number of benzene rings is 2. The number of carboxylic acids is 1. The minimum atomic E-state index is -0.933. The fourth-order valence-electron chi connectivity index (χ4n) is 6.64. The molecule has 6 aromatic rings. The van der Waals surface area contributed by atoms with Crippen molar-refractivity contribution >= 4 is 55.6 Å². The molecule has 2 aliphatic rings. The van der Waals surface area contributed by atoms with Crippen LogP contribution in [0.2, 0.25) is 0 Å². The van der Waals surface area contributed by atoms with E-state index in [-0.39, 0.29) is 11.7 Å². The molecule has 0 bridgehead atoms. The number of nitrogens with one attached hydrogen (secondary N) is 2. The number of fused-ring (bicyclic) bond motifs is 10. The van der Waals surface area contributed by atoms with E-state index in [0.717, 1.165) is 112 Å². The minimum Gasteiger partial charge on any atom is -0.477 e. The maximum absolute atomic E-state index is 12.3. The van der Waals surface area contributed by atoms with Gasteiger partial charge in [-0.15, -0.1) is 0 Å². The van der Waals surface area contributed by atoms with Crippen molar-refractivity contribution in [1.29, 1.82) is 0 Å². The number of aromatic nitrogens is 6. The number of carbonyl (C=O) groups is 2. The Morgan fingerprint density at radius 3 is 1.71 bits per heavy atom. The summed E-state index contributed by atoms with van der Waals surface area (Å²) < 4.78 is 5.20. The fraction of sp³-hybridized carbons (Fsp3) is 0.312. The molecular formula is C32H30N6O4. The number of rotatable bonds is 3. The summed E-state index contributed by atoms with van der Waals surface area (Å²) in [7, 11) is 0.